The van der Waals surface area contributed by atoms with Crippen LogP contribution in [0.2, 0.25) is 0 Å². The summed E-state index contributed by atoms with van der Waals surface area (Å²) in [5.74, 6) is 2.60. The predicted molar refractivity (Wildman–Crippen MR) is 131 cm³/mol. The minimum Gasteiger partial charge on any atom is -0.356 e. The fourth-order valence-corrected chi connectivity index (χ4v) is 5.08. The minimum atomic E-state index is -0.206. The lowest BCUT2D eigenvalue weighted by molar-refractivity contribution is -0.128. The molecule has 172 valence electrons. The van der Waals surface area contributed by atoms with Gasteiger partial charge >= 0.3 is 0 Å². The van der Waals surface area contributed by atoms with Gasteiger partial charge in [-0.3, -0.25) is 14.5 Å². The van der Waals surface area contributed by atoms with Crippen LogP contribution in [0, 0.1) is 5.41 Å². The van der Waals surface area contributed by atoms with Crippen LogP contribution in [-0.2, 0) is 11.8 Å². The molecule has 0 radical (unpaired) electrons. The fourth-order valence-electron chi connectivity index (χ4n) is 5.08. The average molecular weight is 455 g/mol. The van der Waals surface area contributed by atoms with Gasteiger partial charge in [0.2, 0.25) is 5.91 Å². The Morgan fingerprint density at radius 1 is 1.06 bits per heavy atom. The Hall–Kier alpha value is -4.01. The molecule has 2 fully saturated rings. The van der Waals surface area contributed by atoms with E-state index in [1.54, 1.807) is 10.9 Å². The summed E-state index contributed by atoms with van der Waals surface area (Å²) in [5.41, 5.74) is 1.62. The number of carbonyl (C=O) groups excluding carboxylic acids is 1. The van der Waals surface area contributed by atoms with Crippen LogP contribution in [0.4, 0.5) is 17.5 Å². The monoisotopic (exact) mass is 454 g/mol. The van der Waals surface area contributed by atoms with E-state index in [9.17, 15) is 4.79 Å². The normalized spacial score (nSPS) is 17.3. The first-order valence-corrected chi connectivity index (χ1v) is 11.6. The van der Waals surface area contributed by atoms with Crippen LogP contribution < -0.4 is 15.5 Å². The van der Waals surface area contributed by atoms with Gasteiger partial charge in [-0.1, -0.05) is 0 Å². The summed E-state index contributed by atoms with van der Waals surface area (Å²) in [6, 6.07) is 9.94. The molecular weight excluding hydrogens is 428 g/mol. The SMILES string of the molecule is Cn1ccc(Nc2cc(-c3cc4cnccc4c(N4CCC5(CCNC5=O)CC4)n3)ccn2)n1. The third kappa shape index (κ3) is 3.63. The van der Waals surface area contributed by atoms with E-state index in [1.165, 1.54) is 0 Å². The highest BCUT2D eigenvalue weighted by Crippen LogP contribution is 2.40. The maximum absolute atomic E-state index is 12.4. The van der Waals surface area contributed by atoms with Gasteiger partial charge in [0.05, 0.1) is 11.1 Å². The highest BCUT2D eigenvalue weighted by atomic mass is 16.2. The van der Waals surface area contributed by atoms with Gasteiger partial charge in [0, 0.05) is 73.9 Å². The number of nitrogens with zero attached hydrogens (tertiary/aromatic N) is 6. The summed E-state index contributed by atoms with van der Waals surface area (Å²) in [6.07, 6.45) is 9.99. The van der Waals surface area contributed by atoms with Crippen molar-refractivity contribution in [1.82, 2.24) is 30.0 Å². The molecule has 4 aromatic rings. The molecule has 4 aromatic heterocycles. The third-order valence-corrected chi connectivity index (χ3v) is 7.03. The number of amides is 1. The molecule has 0 unspecified atom stereocenters. The lowest BCUT2D eigenvalue weighted by Gasteiger charge is -2.38. The fraction of sp³-hybridized carbons (Fsp3) is 0.320. The van der Waals surface area contributed by atoms with Crippen LogP contribution in [0.15, 0.2) is 55.1 Å². The van der Waals surface area contributed by atoms with Crippen molar-refractivity contribution in [2.45, 2.75) is 19.3 Å². The second-order valence-electron chi connectivity index (χ2n) is 9.13. The van der Waals surface area contributed by atoms with Gasteiger partial charge in [0.15, 0.2) is 5.82 Å². The van der Waals surface area contributed by atoms with E-state index >= 15 is 0 Å². The molecule has 1 spiro atoms. The number of anilines is 3. The smallest absolute Gasteiger partial charge is 0.226 e. The molecule has 0 atom stereocenters. The first kappa shape index (κ1) is 20.6. The molecule has 0 saturated carbocycles. The Bertz CT molecular complexity index is 1370. The maximum atomic E-state index is 12.4. The molecule has 9 nitrogen and oxygen atoms in total. The Morgan fingerprint density at radius 3 is 2.71 bits per heavy atom. The zero-order valence-electron chi connectivity index (χ0n) is 19.0. The van der Waals surface area contributed by atoms with E-state index in [4.69, 9.17) is 4.98 Å². The second kappa shape index (κ2) is 8.09. The lowest BCUT2D eigenvalue weighted by Crippen LogP contribution is -2.44. The van der Waals surface area contributed by atoms with E-state index in [0.717, 1.165) is 72.6 Å². The number of nitrogens with one attached hydrogen (secondary N) is 2. The largest absolute Gasteiger partial charge is 0.356 e. The van der Waals surface area contributed by atoms with Gasteiger partial charge in [-0.15, -0.1) is 0 Å². The Balaban J connectivity index is 1.34. The van der Waals surface area contributed by atoms with Crippen molar-refractivity contribution in [3.63, 3.8) is 0 Å². The second-order valence-corrected chi connectivity index (χ2v) is 9.13. The molecule has 2 saturated heterocycles. The molecule has 6 heterocycles. The standard InChI is InChI=1S/C25H26N8O/c1-32-11-4-21(31-32)30-22-15-17(2-9-27-22)20-14-18-16-26-8-3-19(18)23(29-20)33-12-6-25(7-13-33)5-10-28-24(25)34/h2-4,8-9,11,14-16H,5-7,10,12-13H2,1H3,(H,28,34)(H,27,30,31). The van der Waals surface area contributed by atoms with Crippen molar-refractivity contribution < 1.29 is 4.79 Å². The van der Waals surface area contributed by atoms with Crippen molar-refractivity contribution in [3.05, 3.63) is 55.1 Å². The number of rotatable bonds is 4. The van der Waals surface area contributed by atoms with Crippen LogP contribution in [0.25, 0.3) is 22.0 Å². The summed E-state index contributed by atoms with van der Waals surface area (Å²) in [7, 11) is 1.88. The summed E-state index contributed by atoms with van der Waals surface area (Å²) < 4.78 is 1.74. The molecule has 6 rings (SSSR count). The summed E-state index contributed by atoms with van der Waals surface area (Å²) in [4.78, 5) is 28.6. The molecule has 0 aliphatic carbocycles. The molecule has 0 bridgehead atoms. The molecular formula is C25H26N8O. The van der Waals surface area contributed by atoms with Gasteiger partial charge < -0.3 is 15.5 Å². The predicted octanol–water partition coefficient (Wildman–Crippen LogP) is 3.28. The molecule has 2 aliphatic heterocycles. The number of hydrogen-bond acceptors (Lipinski definition) is 7. The maximum Gasteiger partial charge on any atom is 0.226 e. The van der Waals surface area contributed by atoms with Gasteiger partial charge in [0.25, 0.3) is 0 Å². The van der Waals surface area contributed by atoms with Gasteiger partial charge in [-0.2, -0.15) is 5.10 Å². The van der Waals surface area contributed by atoms with E-state index < -0.39 is 0 Å². The Labute approximate surface area is 197 Å². The van der Waals surface area contributed by atoms with E-state index in [2.05, 4.69) is 36.7 Å². The summed E-state index contributed by atoms with van der Waals surface area (Å²) >= 11 is 0. The number of piperidine rings is 1. The zero-order valence-corrected chi connectivity index (χ0v) is 19.0. The highest BCUT2D eigenvalue weighted by molar-refractivity contribution is 5.94. The van der Waals surface area contributed by atoms with E-state index in [-0.39, 0.29) is 11.3 Å². The van der Waals surface area contributed by atoms with E-state index in [1.807, 2.05) is 49.9 Å². The van der Waals surface area contributed by atoms with Gasteiger partial charge in [0.1, 0.15) is 11.6 Å². The van der Waals surface area contributed by atoms with Crippen molar-refractivity contribution in [2.75, 3.05) is 29.9 Å². The molecule has 2 N–H and O–H groups in total. The number of pyridine rings is 3. The van der Waals surface area contributed by atoms with Crippen LogP contribution in [0.5, 0.6) is 0 Å². The topological polar surface area (TPSA) is 101 Å². The number of aryl methyl sites for hydroxylation is 1. The number of aromatic nitrogens is 5. The first-order chi connectivity index (χ1) is 16.6. The Kier molecular flexibility index (Phi) is 4.90. The molecule has 9 heteroatoms. The van der Waals surface area contributed by atoms with Crippen molar-refractivity contribution in [1.29, 1.82) is 0 Å². The van der Waals surface area contributed by atoms with Crippen LogP contribution >= 0.6 is 0 Å². The first-order valence-electron chi connectivity index (χ1n) is 11.6. The number of carbonyl (C=O) groups is 1. The minimum absolute atomic E-state index is 0.206. The van der Waals surface area contributed by atoms with Crippen molar-refractivity contribution in [3.8, 4) is 11.3 Å². The summed E-state index contributed by atoms with van der Waals surface area (Å²) in [6.45, 7) is 2.41. The molecule has 0 aromatic carbocycles. The summed E-state index contributed by atoms with van der Waals surface area (Å²) in [5, 5.41) is 12.8. The molecule has 1 amide bonds. The molecule has 2 aliphatic rings. The number of hydrogen-bond donors (Lipinski definition) is 2. The van der Waals surface area contributed by atoms with Gasteiger partial charge in [-0.05, 0) is 43.5 Å². The van der Waals surface area contributed by atoms with E-state index in [0.29, 0.717) is 5.82 Å². The number of fused-ring (bicyclic) bond motifs is 1. The zero-order chi connectivity index (χ0) is 23.1. The highest BCUT2D eigenvalue weighted by Gasteiger charge is 2.44. The Morgan fingerprint density at radius 2 is 1.94 bits per heavy atom. The third-order valence-electron chi connectivity index (χ3n) is 7.03. The van der Waals surface area contributed by atoms with Crippen LogP contribution in [0.1, 0.15) is 19.3 Å². The molecule has 34 heavy (non-hydrogen) atoms. The van der Waals surface area contributed by atoms with Crippen LogP contribution in [0.3, 0.4) is 0 Å². The van der Waals surface area contributed by atoms with Crippen molar-refractivity contribution in [2.24, 2.45) is 12.5 Å². The average Bonchev–Trinajstić information content (AvgIpc) is 3.43. The van der Waals surface area contributed by atoms with Gasteiger partial charge in [-0.25, -0.2) is 9.97 Å². The van der Waals surface area contributed by atoms with Crippen molar-refractivity contribution >= 4 is 34.1 Å². The lowest BCUT2D eigenvalue weighted by atomic mass is 9.77. The quantitative estimate of drug-likeness (QED) is 0.488. The van der Waals surface area contributed by atoms with Crippen LogP contribution in [-0.4, -0.2) is 50.3 Å².